The molecule has 0 aliphatic carbocycles. The van der Waals surface area contributed by atoms with Crippen molar-refractivity contribution in [3.63, 3.8) is 0 Å². The number of nitrogens with one attached hydrogen (secondary N) is 1. The molecule has 1 aliphatic heterocycles. The highest BCUT2D eigenvalue weighted by Crippen LogP contribution is 2.32. The summed E-state index contributed by atoms with van der Waals surface area (Å²) in [5, 5.41) is 12.4. The maximum atomic E-state index is 12.9. The Morgan fingerprint density at radius 2 is 1.72 bits per heavy atom. The van der Waals surface area contributed by atoms with E-state index in [0.717, 1.165) is 4.90 Å². The molecule has 0 saturated carbocycles. The number of rotatable bonds is 3. The van der Waals surface area contributed by atoms with Gasteiger partial charge in [-0.2, -0.15) is 5.26 Å². The molecule has 1 N–H and O–H groups in total. The molecule has 3 rings (SSSR count). The van der Waals surface area contributed by atoms with Gasteiger partial charge in [-0.25, -0.2) is 4.79 Å². The summed E-state index contributed by atoms with van der Waals surface area (Å²) in [6.07, 6.45) is 0. The second kappa shape index (κ2) is 6.40. The van der Waals surface area contributed by atoms with Crippen molar-refractivity contribution in [2.24, 2.45) is 0 Å². The number of urea groups is 1. The van der Waals surface area contributed by atoms with Crippen LogP contribution in [0, 0.1) is 11.3 Å². The van der Waals surface area contributed by atoms with E-state index in [1.807, 2.05) is 6.07 Å². The lowest BCUT2D eigenvalue weighted by atomic mass is 9.91. The Kier molecular flexibility index (Phi) is 4.42. The zero-order valence-corrected chi connectivity index (χ0v) is 14.7. The van der Waals surface area contributed by atoms with Crippen molar-refractivity contribution >= 4 is 35.1 Å². The topological polar surface area (TPSA) is 73.2 Å². The van der Waals surface area contributed by atoms with Crippen LogP contribution in [0.3, 0.4) is 0 Å². The first-order chi connectivity index (χ1) is 11.9. The molecule has 3 amide bonds. The molecule has 2 aromatic rings. The van der Waals surface area contributed by atoms with Crippen molar-refractivity contribution < 1.29 is 9.59 Å². The molecule has 1 aliphatic rings. The van der Waals surface area contributed by atoms with Gasteiger partial charge >= 0.3 is 6.03 Å². The second-order valence-corrected chi connectivity index (χ2v) is 6.65. The van der Waals surface area contributed by atoms with Gasteiger partial charge < -0.3 is 5.32 Å². The Labute approximate surface area is 154 Å². The van der Waals surface area contributed by atoms with Crippen LogP contribution < -0.4 is 5.32 Å². The van der Waals surface area contributed by atoms with Gasteiger partial charge in [-0.15, -0.1) is 0 Å². The van der Waals surface area contributed by atoms with Crippen molar-refractivity contribution in [1.29, 1.82) is 5.26 Å². The lowest BCUT2D eigenvalue weighted by Gasteiger charge is -2.22. The van der Waals surface area contributed by atoms with E-state index >= 15 is 0 Å². The largest absolute Gasteiger partial charge is 0.325 e. The molecule has 0 spiro atoms. The minimum absolute atomic E-state index is 0.0188. The fourth-order valence-corrected chi connectivity index (χ4v) is 3.27. The zero-order chi connectivity index (χ0) is 18.2. The highest BCUT2D eigenvalue weighted by molar-refractivity contribution is 6.36. The van der Waals surface area contributed by atoms with Gasteiger partial charge in [0, 0.05) is 15.6 Å². The molecular formula is C18H13Cl2N3O2. The molecule has 0 radical (unpaired) electrons. The lowest BCUT2D eigenvalue weighted by molar-refractivity contribution is -0.131. The van der Waals surface area contributed by atoms with Crippen LogP contribution in [-0.4, -0.2) is 16.8 Å². The molecule has 1 saturated heterocycles. The molecule has 1 fully saturated rings. The minimum Gasteiger partial charge on any atom is -0.319 e. The van der Waals surface area contributed by atoms with Gasteiger partial charge in [0.15, 0.2) is 0 Å². The summed E-state index contributed by atoms with van der Waals surface area (Å²) < 4.78 is 0. The average molecular weight is 374 g/mol. The first-order valence-electron chi connectivity index (χ1n) is 7.44. The SMILES string of the molecule is CC1(c2ccc(C#N)cc2)NC(=O)N(Cc2c(Cl)cccc2Cl)C1=O. The summed E-state index contributed by atoms with van der Waals surface area (Å²) in [4.78, 5) is 26.4. The maximum absolute atomic E-state index is 12.9. The van der Waals surface area contributed by atoms with Crippen molar-refractivity contribution in [2.45, 2.75) is 19.0 Å². The van der Waals surface area contributed by atoms with E-state index in [1.54, 1.807) is 49.4 Å². The normalized spacial score (nSPS) is 19.7. The first kappa shape index (κ1) is 17.3. The molecule has 1 heterocycles. The lowest BCUT2D eigenvalue weighted by Crippen LogP contribution is -2.40. The van der Waals surface area contributed by atoms with Crippen LogP contribution in [0.15, 0.2) is 42.5 Å². The molecule has 0 bridgehead atoms. The number of imide groups is 1. The van der Waals surface area contributed by atoms with Crippen LogP contribution in [-0.2, 0) is 16.9 Å². The fraction of sp³-hybridized carbons (Fsp3) is 0.167. The molecule has 126 valence electrons. The van der Waals surface area contributed by atoms with Crippen LogP contribution in [0.4, 0.5) is 4.79 Å². The summed E-state index contributed by atoms with van der Waals surface area (Å²) in [5.74, 6) is -0.404. The highest BCUT2D eigenvalue weighted by atomic mass is 35.5. The third kappa shape index (κ3) is 2.95. The summed E-state index contributed by atoms with van der Waals surface area (Å²) in [6, 6.07) is 13.0. The van der Waals surface area contributed by atoms with E-state index in [9.17, 15) is 9.59 Å². The number of nitriles is 1. The van der Waals surface area contributed by atoms with Crippen LogP contribution in [0.1, 0.15) is 23.6 Å². The van der Waals surface area contributed by atoms with E-state index in [-0.39, 0.29) is 6.54 Å². The van der Waals surface area contributed by atoms with Gasteiger partial charge in [-0.1, -0.05) is 41.4 Å². The number of benzene rings is 2. The summed E-state index contributed by atoms with van der Waals surface area (Å²) in [6.45, 7) is 1.61. The second-order valence-electron chi connectivity index (χ2n) is 5.84. The van der Waals surface area contributed by atoms with Crippen molar-refractivity contribution in [3.8, 4) is 6.07 Å². The third-order valence-corrected chi connectivity index (χ3v) is 4.95. The molecule has 1 unspecified atom stereocenters. The van der Waals surface area contributed by atoms with Gasteiger partial charge in [0.2, 0.25) is 0 Å². The number of carbonyl (C=O) groups excluding carboxylic acids is 2. The number of carbonyl (C=O) groups is 2. The molecule has 7 heteroatoms. The Morgan fingerprint density at radius 3 is 2.28 bits per heavy atom. The molecule has 25 heavy (non-hydrogen) atoms. The Morgan fingerprint density at radius 1 is 1.12 bits per heavy atom. The van der Waals surface area contributed by atoms with Gasteiger partial charge in [-0.05, 0) is 36.8 Å². The molecular weight excluding hydrogens is 361 g/mol. The number of hydrogen-bond acceptors (Lipinski definition) is 3. The van der Waals surface area contributed by atoms with Crippen molar-refractivity contribution in [1.82, 2.24) is 10.2 Å². The van der Waals surface area contributed by atoms with Gasteiger partial charge in [0.25, 0.3) is 5.91 Å². The Bertz CT molecular complexity index is 885. The Balaban J connectivity index is 1.93. The monoisotopic (exact) mass is 373 g/mol. The Hall–Kier alpha value is -2.55. The van der Waals surface area contributed by atoms with Gasteiger partial charge in [-0.3, -0.25) is 9.69 Å². The van der Waals surface area contributed by atoms with E-state index < -0.39 is 17.5 Å². The summed E-state index contributed by atoms with van der Waals surface area (Å²) in [5.41, 5.74) is 0.374. The van der Waals surface area contributed by atoms with Gasteiger partial charge in [0.05, 0.1) is 18.2 Å². The van der Waals surface area contributed by atoms with E-state index in [2.05, 4.69) is 5.32 Å². The van der Waals surface area contributed by atoms with Crippen LogP contribution in [0.5, 0.6) is 0 Å². The summed E-state index contributed by atoms with van der Waals surface area (Å²) >= 11 is 12.3. The molecule has 2 aromatic carbocycles. The maximum Gasteiger partial charge on any atom is 0.325 e. The van der Waals surface area contributed by atoms with E-state index in [1.165, 1.54) is 0 Å². The summed E-state index contributed by atoms with van der Waals surface area (Å²) in [7, 11) is 0. The average Bonchev–Trinajstić information content (AvgIpc) is 2.82. The quantitative estimate of drug-likeness (QED) is 0.830. The standard InChI is InChI=1S/C18H13Cl2N3O2/c1-18(12-7-5-11(9-21)6-8-12)16(24)23(17(25)22-18)10-13-14(19)3-2-4-15(13)20/h2-8H,10H2,1H3,(H,22,25). The highest BCUT2D eigenvalue weighted by Gasteiger charge is 2.49. The van der Waals surface area contributed by atoms with Crippen LogP contribution in [0.2, 0.25) is 10.0 Å². The van der Waals surface area contributed by atoms with Crippen molar-refractivity contribution in [3.05, 3.63) is 69.2 Å². The fourth-order valence-electron chi connectivity index (χ4n) is 2.76. The first-order valence-corrected chi connectivity index (χ1v) is 8.20. The number of hydrogen-bond donors (Lipinski definition) is 1. The van der Waals surface area contributed by atoms with E-state index in [0.29, 0.717) is 26.7 Å². The third-order valence-electron chi connectivity index (χ3n) is 4.24. The van der Waals surface area contributed by atoms with Crippen LogP contribution in [0.25, 0.3) is 0 Å². The number of nitrogens with zero attached hydrogens (tertiary/aromatic N) is 2. The van der Waals surface area contributed by atoms with Crippen LogP contribution >= 0.6 is 23.2 Å². The number of halogens is 2. The number of amides is 3. The molecule has 5 nitrogen and oxygen atoms in total. The smallest absolute Gasteiger partial charge is 0.319 e. The molecule has 1 atom stereocenters. The predicted octanol–water partition coefficient (Wildman–Crippen LogP) is 3.83. The van der Waals surface area contributed by atoms with Crippen molar-refractivity contribution in [2.75, 3.05) is 0 Å². The zero-order valence-electron chi connectivity index (χ0n) is 13.2. The molecule has 0 aromatic heterocycles. The van der Waals surface area contributed by atoms with Gasteiger partial charge in [0.1, 0.15) is 5.54 Å². The van der Waals surface area contributed by atoms with E-state index in [4.69, 9.17) is 28.5 Å². The minimum atomic E-state index is -1.21. The predicted molar refractivity (Wildman–Crippen MR) is 94.1 cm³/mol.